The molecule has 16 heavy (non-hydrogen) atoms. The topological polar surface area (TPSA) is 64.9 Å². The molecule has 0 spiro atoms. The normalized spacial score (nSPS) is 11.3. The smallest absolute Gasteiger partial charge is 0.253 e. The number of carbonyl (C=O) groups excluding carboxylic acids is 1. The molecule has 0 fully saturated rings. The molecule has 4 heteroatoms. The van der Waals surface area contributed by atoms with Crippen LogP contribution in [0.1, 0.15) is 23.7 Å². The molecular formula is C12H15N3O. The van der Waals surface area contributed by atoms with E-state index in [-0.39, 0.29) is 11.9 Å². The van der Waals surface area contributed by atoms with Crippen molar-refractivity contribution >= 4 is 11.6 Å². The molecule has 1 aromatic rings. The zero-order chi connectivity index (χ0) is 12.0. The van der Waals surface area contributed by atoms with Crippen molar-refractivity contribution in [1.82, 2.24) is 5.32 Å². The standard InChI is InChI=1S/C12H15N3O/c1-9(7-8-13)15-12(16)10-5-3-4-6-11(10)14-2/h3-6,9,14H,7H2,1-2H3,(H,15,16). The Morgan fingerprint density at radius 2 is 2.19 bits per heavy atom. The van der Waals surface area contributed by atoms with E-state index in [0.29, 0.717) is 12.0 Å². The second-order valence-corrected chi connectivity index (χ2v) is 3.53. The summed E-state index contributed by atoms with van der Waals surface area (Å²) in [7, 11) is 1.77. The minimum absolute atomic E-state index is 0.137. The van der Waals surface area contributed by atoms with Gasteiger partial charge in [-0.1, -0.05) is 12.1 Å². The second kappa shape index (κ2) is 5.76. The van der Waals surface area contributed by atoms with Gasteiger partial charge in [-0.25, -0.2) is 0 Å². The van der Waals surface area contributed by atoms with Crippen molar-refractivity contribution in [2.75, 3.05) is 12.4 Å². The molecule has 0 aromatic heterocycles. The summed E-state index contributed by atoms with van der Waals surface area (Å²) in [5.41, 5.74) is 1.37. The number of nitrogens with zero attached hydrogens (tertiary/aromatic N) is 1. The zero-order valence-corrected chi connectivity index (χ0v) is 9.45. The summed E-state index contributed by atoms with van der Waals surface area (Å²) in [4.78, 5) is 11.8. The first kappa shape index (κ1) is 12.1. The molecule has 0 bridgehead atoms. The number of benzene rings is 1. The van der Waals surface area contributed by atoms with E-state index in [2.05, 4.69) is 10.6 Å². The monoisotopic (exact) mass is 217 g/mol. The van der Waals surface area contributed by atoms with Gasteiger partial charge in [-0.15, -0.1) is 0 Å². The lowest BCUT2D eigenvalue weighted by molar-refractivity contribution is 0.0941. The molecule has 84 valence electrons. The number of nitriles is 1. The van der Waals surface area contributed by atoms with E-state index in [1.807, 2.05) is 31.2 Å². The van der Waals surface area contributed by atoms with Gasteiger partial charge in [-0.05, 0) is 19.1 Å². The third-order valence-electron chi connectivity index (χ3n) is 2.22. The Morgan fingerprint density at radius 1 is 1.50 bits per heavy atom. The Labute approximate surface area is 95.3 Å². The summed E-state index contributed by atoms with van der Waals surface area (Å²) in [6.45, 7) is 1.81. The summed E-state index contributed by atoms with van der Waals surface area (Å²) in [6.07, 6.45) is 0.313. The highest BCUT2D eigenvalue weighted by atomic mass is 16.1. The fourth-order valence-electron chi connectivity index (χ4n) is 1.39. The van der Waals surface area contributed by atoms with Crippen molar-refractivity contribution in [3.63, 3.8) is 0 Å². The van der Waals surface area contributed by atoms with Crippen LogP contribution in [0.15, 0.2) is 24.3 Å². The lowest BCUT2D eigenvalue weighted by Gasteiger charge is -2.12. The van der Waals surface area contributed by atoms with Crippen LogP contribution in [-0.4, -0.2) is 19.0 Å². The van der Waals surface area contributed by atoms with Gasteiger partial charge in [0.2, 0.25) is 0 Å². The van der Waals surface area contributed by atoms with Crippen LogP contribution in [0.2, 0.25) is 0 Å². The van der Waals surface area contributed by atoms with Crippen LogP contribution in [0.5, 0.6) is 0 Å². The molecule has 0 aliphatic carbocycles. The van der Waals surface area contributed by atoms with E-state index < -0.39 is 0 Å². The summed E-state index contributed by atoms with van der Waals surface area (Å²) in [5.74, 6) is -0.160. The third-order valence-corrected chi connectivity index (χ3v) is 2.22. The van der Waals surface area contributed by atoms with Crippen molar-refractivity contribution in [3.05, 3.63) is 29.8 Å². The summed E-state index contributed by atoms with van der Waals surface area (Å²) in [6, 6.07) is 9.15. The average Bonchev–Trinajstić information content (AvgIpc) is 2.29. The number of rotatable bonds is 4. The first-order valence-electron chi connectivity index (χ1n) is 5.13. The quantitative estimate of drug-likeness (QED) is 0.807. The molecular weight excluding hydrogens is 202 g/mol. The Balaban J connectivity index is 2.77. The fraction of sp³-hybridized carbons (Fsp3) is 0.333. The van der Waals surface area contributed by atoms with E-state index in [1.165, 1.54) is 0 Å². The highest BCUT2D eigenvalue weighted by Crippen LogP contribution is 2.13. The highest BCUT2D eigenvalue weighted by molar-refractivity contribution is 5.99. The largest absolute Gasteiger partial charge is 0.387 e. The molecule has 0 saturated carbocycles. The first-order valence-corrected chi connectivity index (χ1v) is 5.13. The van der Waals surface area contributed by atoms with Crippen molar-refractivity contribution in [2.24, 2.45) is 0 Å². The number of para-hydroxylation sites is 1. The number of nitrogens with one attached hydrogen (secondary N) is 2. The van der Waals surface area contributed by atoms with Gasteiger partial charge in [0.1, 0.15) is 0 Å². The van der Waals surface area contributed by atoms with E-state index in [0.717, 1.165) is 5.69 Å². The highest BCUT2D eigenvalue weighted by Gasteiger charge is 2.12. The minimum Gasteiger partial charge on any atom is -0.387 e. The number of anilines is 1. The Morgan fingerprint density at radius 3 is 2.81 bits per heavy atom. The third kappa shape index (κ3) is 2.99. The van der Waals surface area contributed by atoms with Crippen LogP contribution in [0.3, 0.4) is 0 Å². The number of amides is 1. The maximum atomic E-state index is 11.8. The van der Waals surface area contributed by atoms with Gasteiger partial charge in [0.05, 0.1) is 18.1 Å². The molecule has 2 N–H and O–H groups in total. The van der Waals surface area contributed by atoms with Gasteiger partial charge in [0.25, 0.3) is 5.91 Å². The van der Waals surface area contributed by atoms with Gasteiger partial charge >= 0.3 is 0 Å². The van der Waals surface area contributed by atoms with Crippen LogP contribution >= 0.6 is 0 Å². The summed E-state index contributed by atoms with van der Waals surface area (Å²) >= 11 is 0. The summed E-state index contributed by atoms with van der Waals surface area (Å²) < 4.78 is 0. The number of hydrogen-bond donors (Lipinski definition) is 2. The van der Waals surface area contributed by atoms with E-state index in [4.69, 9.17) is 5.26 Å². The SMILES string of the molecule is CNc1ccccc1C(=O)NC(C)CC#N. The van der Waals surface area contributed by atoms with Crippen LogP contribution in [-0.2, 0) is 0 Å². The first-order chi connectivity index (χ1) is 7.69. The van der Waals surface area contributed by atoms with Gasteiger partial charge in [0, 0.05) is 18.8 Å². The minimum atomic E-state index is -0.160. The molecule has 4 nitrogen and oxygen atoms in total. The maximum Gasteiger partial charge on any atom is 0.253 e. The van der Waals surface area contributed by atoms with Crippen molar-refractivity contribution in [2.45, 2.75) is 19.4 Å². The molecule has 1 aromatic carbocycles. The average molecular weight is 217 g/mol. The van der Waals surface area contributed by atoms with Crippen LogP contribution in [0.25, 0.3) is 0 Å². The molecule has 1 unspecified atom stereocenters. The molecule has 1 atom stereocenters. The van der Waals surface area contributed by atoms with E-state index >= 15 is 0 Å². The number of carbonyl (C=O) groups is 1. The Hall–Kier alpha value is -2.02. The molecule has 1 rings (SSSR count). The van der Waals surface area contributed by atoms with Crippen LogP contribution in [0, 0.1) is 11.3 Å². The Bertz CT molecular complexity index is 409. The van der Waals surface area contributed by atoms with Crippen molar-refractivity contribution in [1.29, 1.82) is 5.26 Å². The Kier molecular flexibility index (Phi) is 4.34. The van der Waals surface area contributed by atoms with Gasteiger partial charge < -0.3 is 10.6 Å². The lowest BCUT2D eigenvalue weighted by atomic mass is 10.1. The van der Waals surface area contributed by atoms with Crippen LogP contribution in [0.4, 0.5) is 5.69 Å². The molecule has 0 aliphatic rings. The van der Waals surface area contributed by atoms with Crippen molar-refractivity contribution < 1.29 is 4.79 Å². The number of hydrogen-bond acceptors (Lipinski definition) is 3. The van der Waals surface area contributed by atoms with E-state index in [1.54, 1.807) is 13.1 Å². The zero-order valence-electron chi connectivity index (χ0n) is 9.45. The van der Waals surface area contributed by atoms with Crippen molar-refractivity contribution in [3.8, 4) is 6.07 Å². The van der Waals surface area contributed by atoms with E-state index in [9.17, 15) is 4.79 Å². The lowest BCUT2D eigenvalue weighted by Crippen LogP contribution is -2.32. The summed E-state index contributed by atoms with van der Waals surface area (Å²) in [5, 5.41) is 14.2. The van der Waals surface area contributed by atoms with Crippen LogP contribution < -0.4 is 10.6 Å². The molecule has 0 saturated heterocycles. The second-order valence-electron chi connectivity index (χ2n) is 3.53. The van der Waals surface area contributed by atoms with Gasteiger partial charge in [-0.2, -0.15) is 5.26 Å². The predicted octanol–water partition coefficient (Wildman–Crippen LogP) is 1.76. The molecule has 0 radical (unpaired) electrons. The van der Waals surface area contributed by atoms with Gasteiger partial charge in [-0.3, -0.25) is 4.79 Å². The molecule has 1 amide bonds. The van der Waals surface area contributed by atoms with Gasteiger partial charge in [0.15, 0.2) is 0 Å². The fourth-order valence-corrected chi connectivity index (χ4v) is 1.39. The maximum absolute atomic E-state index is 11.8. The molecule has 0 heterocycles. The molecule has 0 aliphatic heterocycles. The predicted molar refractivity (Wildman–Crippen MR) is 63.1 cm³/mol.